The van der Waals surface area contributed by atoms with Gasteiger partial charge in [-0.2, -0.15) is 9.97 Å². The number of aromatic nitrogens is 2. The maximum absolute atomic E-state index is 16.7. The Morgan fingerprint density at radius 3 is 2.69 bits per heavy atom. The Balaban J connectivity index is 1.29. The molecule has 0 unspecified atom stereocenters. The number of alkyl halides is 1. The second-order valence-electron chi connectivity index (χ2n) is 12.3. The normalized spacial score (nSPS) is 27.3. The summed E-state index contributed by atoms with van der Waals surface area (Å²) >= 11 is 0. The molecule has 4 aliphatic rings. The third kappa shape index (κ3) is 4.02. The molecule has 2 bridgehead atoms. The van der Waals surface area contributed by atoms with Crippen molar-refractivity contribution in [2.75, 3.05) is 37.7 Å². The topological polar surface area (TPSA) is 73.8 Å². The lowest BCUT2D eigenvalue weighted by atomic mass is 9.95. The minimum Gasteiger partial charge on any atom is -0.508 e. The third-order valence-corrected chi connectivity index (χ3v) is 9.81. The molecule has 0 amide bonds. The Hall–Kier alpha value is -3.63. The van der Waals surface area contributed by atoms with Crippen molar-refractivity contribution in [3.05, 3.63) is 54.1 Å². The van der Waals surface area contributed by atoms with Gasteiger partial charge >= 0.3 is 6.01 Å². The van der Waals surface area contributed by atoms with Crippen LogP contribution >= 0.6 is 0 Å². The number of benzene rings is 3. The molecule has 218 valence electrons. The van der Waals surface area contributed by atoms with Crippen molar-refractivity contribution in [2.24, 2.45) is 0 Å². The van der Waals surface area contributed by atoms with Crippen LogP contribution in [0.4, 0.5) is 19.0 Å². The van der Waals surface area contributed by atoms with Crippen LogP contribution in [0, 0.1) is 11.6 Å². The summed E-state index contributed by atoms with van der Waals surface area (Å²) in [6.07, 6.45) is 3.19. The molecule has 4 fully saturated rings. The summed E-state index contributed by atoms with van der Waals surface area (Å²) < 4.78 is 53.3. The van der Waals surface area contributed by atoms with Crippen LogP contribution in [0.1, 0.15) is 32.1 Å². The molecule has 0 aliphatic carbocycles. The second kappa shape index (κ2) is 9.70. The Morgan fingerprint density at radius 1 is 1.05 bits per heavy atom. The molecule has 4 aliphatic heterocycles. The summed E-state index contributed by atoms with van der Waals surface area (Å²) in [6.45, 7) is 2.94. The molecule has 4 aromatic rings. The zero-order valence-corrected chi connectivity index (χ0v) is 23.1. The summed E-state index contributed by atoms with van der Waals surface area (Å²) in [7, 11) is 0. The first-order valence-electron chi connectivity index (χ1n) is 14.8. The highest BCUT2D eigenvalue weighted by Gasteiger charge is 2.49. The Labute approximate surface area is 241 Å². The van der Waals surface area contributed by atoms with Crippen molar-refractivity contribution in [3.63, 3.8) is 0 Å². The number of phenolic OH excluding ortho intramolecular Hbond substituents is 1. The first-order chi connectivity index (χ1) is 20.4. The van der Waals surface area contributed by atoms with Crippen LogP contribution in [-0.4, -0.2) is 76.6 Å². The number of phenols is 1. The molecule has 4 saturated heterocycles. The molecular formula is C32H32F3N5O2. The molecule has 5 heterocycles. The van der Waals surface area contributed by atoms with Gasteiger partial charge in [-0.05, 0) is 66.8 Å². The maximum atomic E-state index is 16.7. The van der Waals surface area contributed by atoms with E-state index in [2.05, 4.69) is 20.1 Å². The number of halogens is 3. The molecular weight excluding hydrogens is 543 g/mol. The van der Waals surface area contributed by atoms with E-state index in [0.717, 1.165) is 45.3 Å². The number of nitrogens with one attached hydrogen (secondary N) is 1. The standard InChI is InChI=1S/C32H32F3N5O2/c33-19-13-32(8-3-9-39(32)16-19)17-42-31-37-29-25(30(38-31)40-20-6-7-21(40)15-36-14-20)12-26(34)27(28(29)35)24-11-22(41)10-18-4-1-2-5-23(18)24/h1-2,4-5,10-12,19-21,36,41H,3,6-9,13-17H2/t19-,20-,21+,32+/m1/s1. The molecule has 0 spiro atoms. The number of fused-ring (bicyclic) bond motifs is 5. The van der Waals surface area contributed by atoms with Crippen molar-refractivity contribution >= 4 is 27.5 Å². The van der Waals surface area contributed by atoms with E-state index in [1.54, 1.807) is 24.3 Å². The first-order valence-corrected chi connectivity index (χ1v) is 14.8. The highest BCUT2D eigenvalue weighted by molar-refractivity contribution is 6.01. The van der Waals surface area contributed by atoms with Gasteiger partial charge in [0.05, 0.1) is 11.1 Å². The van der Waals surface area contributed by atoms with Crippen LogP contribution in [0.25, 0.3) is 32.8 Å². The second-order valence-corrected chi connectivity index (χ2v) is 12.3. The quantitative estimate of drug-likeness (QED) is 0.333. The number of aromatic hydroxyl groups is 1. The van der Waals surface area contributed by atoms with Gasteiger partial charge in [-0.1, -0.05) is 24.3 Å². The van der Waals surface area contributed by atoms with Gasteiger partial charge in [0, 0.05) is 43.5 Å². The third-order valence-electron chi connectivity index (χ3n) is 9.81. The average molecular weight is 576 g/mol. The van der Waals surface area contributed by atoms with E-state index < -0.39 is 23.3 Å². The zero-order chi connectivity index (χ0) is 28.6. The predicted octanol–water partition coefficient (Wildman–Crippen LogP) is 5.33. The minimum absolute atomic E-state index is 0.0104. The molecule has 10 heteroatoms. The fraction of sp³-hybridized carbons (Fsp3) is 0.438. The summed E-state index contributed by atoms with van der Waals surface area (Å²) in [4.78, 5) is 13.6. The number of piperazine rings is 1. The minimum atomic E-state index is -0.904. The van der Waals surface area contributed by atoms with Gasteiger partial charge < -0.3 is 20.1 Å². The van der Waals surface area contributed by atoms with Crippen LogP contribution in [0.3, 0.4) is 0 Å². The van der Waals surface area contributed by atoms with Gasteiger partial charge in [-0.15, -0.1) is 0 Å². The van der Waals surface area contributed by atoms with Crippen molar-refractivity contribution in [3.8, 4) is 22.9 Å². The van der Waals surface area contributed by atoms with Crippen molar-refractivity contribution < 1.29 is 23.0 Å². The number of anilines is 1. The van der Waals surface area contributed by atoms with Gasteiger partial charge in [0.1, 0.15) is 35.7 Å². The number of hydrogen-bond acceptors (Lipinski definition) is 7. The van der Waals surface area contributed by atoms with Gasteiger partial charge in [0.2, 0.25) is 0 Å². The molecule has 3 aromatic carbocycles. The van der Waals surface area contributed by atoms with Gasteiger partial charge in [-0.3, -0.25) is 4.90 Å². The molecule has 0 radical (unpaired) electrons. The lowest BCUT2D eigenvalue weighted by Gasteiger charge is -2.37. The Bertz CT molecular complexity index is 1700. The predicted molar refractivity (Wildman–Crippen MR) is 155 cm³/mol. The SMILES string of the molecule is Oc1cc(-c2c(F)cc3c(N4[C@@H]5CC[C@H]4CNC5)nc(OC[C@@]45CCCN4C[C@H](F)C5)nc3c2F)c2ccccc2c1. The smallest absolute Gasteiger partial charge is 0.319 e. The Kier molecular flexibility index (Phi) is 6.01. The van der Waals surface area contributed by atoms with E-state index in [9.17, 15) is 9.50 Å². The lowest BCUT2D eigenvalue weighted by molar-refractivity contribution is 0.107. The highest BCUT2D eigenvalue weighted by Crippen LogP contribution is 2.43. The molecule has 4 atom stereocenters. The van der Waals surface area contributed by atoms with Crippen LogP contribution in [0.2, 0.25) is 0 Å². The molecule has 42 heavy (non-hydrogen) atoms. The van der Waals surface area contributed by atoms with E-state index >= 15 is 8.78 Å². The summed E-state index contributed by atoms with van der Waals surface area (Å²) in [5.74, 6) is -1.21. The van der Waals surface area contributed by atoms with E-state index in [4.69, 9.17) is 9.72 Å². The summed E-state index contributed by atoms with van der Waals surface area (Å²) in [6, 6.07) is 11.7. The molecule has 7 nitrogen and oxygen atoms in total. The Morgan fingerprint density at radius 2 is 1.86 bits per heavy atom. The number of rotatable bonds is 5. The van der Waals surface area contributed by atoms with Crippen LogP contribution in [0.5, 0.6) is 11.8 Å². The first kappa shape index (κ1) is 26.0. The molecule has 0 saturated carbocycles. The lowest BCUT2D eigenvalue weighted by Crippen LogP contribution is -2.52. The summed E-state index contributed by atoms with van der Waals surface area (Å²) in [5, 5.41) is 15.4. The molecule has 1 aromatic heterocycles. The number of hydrogen-bond donors (Lipinski definition) is 2. The van der Waals surface area contributed by atoms with E-state index in [0.29, 0.717) is 29.6 Å². The van der Waals surface area contributed by atoms with E-state index in [1.165, 1.54) is 12.1 Å². The largest absolute Gasteiger partial charge is 0.508 e. The molecule has 2 N–H and O–H groups in total. The number of nitrogens with zero attached hydrogens (tertiary/aromatic N) is 4. The molecule has 8 rings (SSSR count). The monoisotopic (exact) mass is 575 g/mol. The van der Waals surface area contributed by atoms with Gasteiger partial charge in [0.25, 0.3) is 0 Å². The van der Waals surface area contributed by atoms with Crippen LogP contribution in [0.15, 0.2) is 42.5 Å². The zero-order valence-electron chi connectivity index (χ0n) is 23.1. The average Bonchev–Trinajstić information content (AvgIpc) is 3.58. The van der Waals surface area contributed by atoms with E-state index in [1.807, 2.05) is 6.07 Å². The van der Waals surface area contributed by atoms with E-state index in [-0.39, 0.29) is 52.5 Å². The van der Waals surface area contributed by atoms with Crippen molar-refractivity contribution in [2.45, 2.75) is 55.9 Å². The van der Waals surface area contributed by atoms with Crippen LogP contribution in [-0.2, 0) is 0 Å². The highest BCUT2D eigenvalue weighted by atomic mass is 19.1. The fourth-order valence-corrected chi connectivity index (χ4v) is 7.94. The van der Waals surface area contributed by atoms with Crippen molar-refractivity contribution in [1.29, 1.82) is 0 Å². The van der Waals surface area contributed by atoms with Crippen LogP contribution < -0.4 is 15.0 Å². The van der Waals surface area contributed by atoms with Gasteiger partial charge in [-0.25, -0.2) is 13.2 Å². The maximum Gasteiger partial charge on any atom is 0.319 e. The van der Waals surface area contributed by atoms with Crippen molar-refractivity contribution in [1.82, 2.24) is 20.2 Å². The number of ether oxygens (including phenoxy) is 1. The van der Waals surface area contributed by atoms with Gasteiger partial charge in [0.15, 0.2) is 5.82 Å². The summed E-state index contributed by atoms with van der Waals surface area (Å²) in [5.41, 5.74) is -0.468. The fourth-order valence-electron chi connectivity index (χ4n) is 7.94.